The standard InChI is InChI=1S/C26H30FN7O3S/c27-16-12-26(6-2-8-33(26)13-16)15-37-25-29-17-14-34(18-4-1-5-19-21(18)30-24(28)38-19)23(35)20(17)22(31-25)32-7-3-10-36-11-9-32/h1,4-5,16H,2-3,6-15H2,(H2,28,30). The molecule has 4 aliphatic rings. The third kappa shape index (κ3) is 3.97. The van der Waals surface area contributed by atoms with Gasteiger partial charge in [-0.1, -0.05) is 17.4 Å². The van der Waals surface area contributed by atoms with Crippen LogP contribution < -0.4 is 20.3 Å². The number of carbonyl (C=O) groups excluding carboxylic acids is 1. The molecule has 2 unspecified atom stereocenters. The Hall–Kier alpha value is -3.09. The first-order valence-electron chi connectivity index (χ1n) is 13.2. The molecular weight excluding hydrogens is 509 g/mol. The van der Waals surface area contributed by atoms with E-state index in [9.17, 15) is 9.18 Å². The van der Waals surface area contributed by atoms with E-state index in [4.69, 9.17) is 25.2 Å². The Morgan fingerprint density at radius 3 is 3.03 bits per heavy atom. The van der Waals surface area contributed by atoms with E-state index < -0.39 is 6.17 Å². The predicted molar refractivity (Wildman–Crippen MR) is 143 cm³/mol. The zero-order valence-electron chi connectivity index (χ0n) is 21.1. The highest BCUT2D eigenvalue weighted by Gasteiger charge is 2.49. The normalized spacial score (nSPS) is 25.7. The number of nitrogens with two attached hydrogens (primary N) is 1. The van der Waals surface area contributed by atoms with Crippen LogP contribution in [0.4, 0.5) is 21.0 Å². The molecule has 0 spiro atoms. The number of benzene rings is 1. The lowest BCUT2D eigenvalue weighted by molar-refractivity contribution is 0.0996. The molecule has 0 radical (unpaired) electrons. The molecule has 7 rings (SSSR count). The summed E-state index contributed by atoms with van der Waals surface area (Å²) >= 11 is 1.39. The Balaban J connectivity index is 1.25. The molecule has 1 amide bonds. The minimum absolute atomic E-state index is 0.164. The summed E-state index contributed by atoms with van der Waals surface area (Å²) in [6, 6.07) is 5.98. The average molecular weight is 540 g/mol. The number of carbonyl (C=O) groups is 1. The number of nitrogen functional groups attached to an aromatic ring is 1. The molecule has 1 aromatic carbocycles. The largest absolute Gasteiger partial charge is 0.461 e. The lowest BCUT2D eigenvalue weighted by Crippen LogP contribution is -2.43. The molecule has 0 saturated carbocycles. The number of nitrogens with zero attached hydrogens (tertiary/aromatic N) is 6. The van der Waals surface area contributed by atoms with Crippen molar-refractivity contribution in [2.24, 2.45) is 0 Å². The van der Waals surface area contributed by atoms with Gasteiger partial charge in [0.2, 0.25) is 0 Å². The number of amides is 1. The van der Waals surface area contributed by atoms with Crippen LogP contribution in [-0.4, -0.2) is 83.5 Å². The fraction of sp³-hybridized carbons (Fsp3) is 0.538. The van der Waals surface area contributed by atoms with Crippen LogP contribution in [0.15, 0.2) is 18.2 Å². The maximum absolute atomic E-state index is 14.3. The molecular formula is C26H30FN7O3S. The molecule has 10 nitrogen and oxygen atoms in total. The van der Waals surface area contributed by atoms with Gasteiger partial charge in [0.15, 0.2) is 5.13 Å². The van der Waals surface area contributed by atoms with Crippen LogP contribution in [-0.2, 0) is 11.3 Å². The summed E-state index contributed by atoms with van der Waals surface area (Å²) in [6.07, 6.45) is 2.42. The Labute approximate surface area is 223 Å². The minimum Gasteiger partial charge on any atom is -0.461 e. The van der Waals surface area contributed by atoms with E-state index in [1.165, 1.54) is 11.3 Å². The van der Waals surface area contributed by atoms with E-state index in [0.29, 0.717) is 72.7 Å². The maximum atomic E-state index is 14.3. The smallest absolute Gasteiger partial charge is 0.318 e. The van der Waals surface area contributed by atoms with Crippen LogP contribution in [0.1, 0.15) is 41.7 Å². The van der Waals surface area contributed by atoms with E-state index in [-0.39, 0.29) is 24.0 Å². The Morgan fingerprint density at radius 1 is 1.18 bits per heavy atom. The molecule has 0 aliphatic carbocycles. The molecule has 6 heterocycles. The van der Waals surface area contributed by atoms with Crippen LogP contribution >= 0.6 is 11.3 Å². The van der Waals surface area contributed by atoms with Crippen molar-refractivity contribution in [2.75, 3.05) is 61.5 Å². The Morgan fingerprint density at radius 2 is 2.11 bits per heavy atom. The first-order valence-corrected chi connectivity index (χ1v) is 14.0. The van der Waals surface area contributed by atoms with Gasteiger partial charge in [-0.25, -0.2) is 9.37 Å². The first kappa shape index (κ1) is 24.0. The highest BCUT2D eigenvalue weighted by atomic mass is 32.1. The number of alkyl halides is 1. The second-order valence-corrected chi connectivity index (χ2v) is 11.6. The fourth-order valence-electron chi connectivity index (χ4n) is 6.42. The van der Waals surface area contributed by atoms with Crippen LogP contribution in [0.3, 0.4) is 0 Å². The summed E-state index contributed by atoms with van der Waals surface area (Å²) in [6.45, 7) is 4.54. The summed E-state index contributed by atoms with van der Waals surface area (Å²) in [5, 5.41) is 0.458. The highest BCUT2D eigenvalue weighted by molar-refractivity contribution is 7.22. The number of para-hydroxylation sites is 1. The molecule has 3 saturated heterocycles. The van der Waals surface area contributed by atoms with Crippen LogP contribution in [0.2, 0.25) is 0 Å². The molecule has 2 atom stereocenters. The van der Waals surface area contributed by atoms with Crippen molar-refractivity contribution < 1.29 is 18.7 Å². The third-order valence-corrected chi connectivity index (χ3v) is 9.02. The maximum Gasteiger partial charge on any atom is 0.318 e. The van der Waals surface area contributed by atoms with Crippen molar-refractivity contribution in [3.05, 3.63) is 29.5 Å². The number of hydrogen-bond acceptors (Lipinski definition) is 10. The van der Waals surface area contributed by atoms with Gasteiger partial charge < -0.3 is 20.1 Å². The van der Waals surface area contributed by atoms with E-state index in [0.717, 1.165) is 37.1 Å². The monoisotopic (exact) mass is 539 g/mol. The molecule has 4 aliphatic heterocycles. The number of thiazole rings is 1. The van der Waals surface area contributed by atoms with E-state index in [1.54, 1.807) is 4.90 Å². The lowest BCUT2D eigenvalue weighted by Gasteiger charge is -2.31. The zero-order chi connectivity index (χ0) is 25.9. The van der Waals surface area contributed by atoms with Crippen molar-refractivity contribution in [1.82, 2.24) is 19.9 Å². The molecule has 3 aromatic rings. The minimum atomic E-state index is -0.832. The van der Waals surface area contributed by atoms with Crippen molar-refractivity contribution in [3.8, 4) is 6.01 Å². The molecule has 38 heavy (non-hydrogen) atoms. The van der Waals surface area contributed by atoms with Gasteiger partial charge in [0.1, 0.15) is 29.7 Å². The van der Waals surface area contributed by atoms with Gasteiger partial charge in [0, 0.05) is 32.7 Å². The number of ether oxygens (including phenoxy) is 2. The van der Waals surface area contributed by atoms with Crippen molar-refractivity contribution in [1.29, 1.82) is 0 Å². The molecule has 0 bridgehead atoms. The average Bonchev–Trinajstić information content (AvgIpc) is 3.57. The summed E-state index contributed by atoms with van der Waals surface area (Å²) in [4.78, 5) is 33.9. The van der Waals surface area contributed by atoms with Gasteiger partial charge in [-0.3, -0.25) is 14.6 Å². The number of rotatable bonds is 5. The number of halogens is 1. The zero-order valence-corrected chi connectivity index (χ0v) is 21.9. The highest BCUT2D eigenvalue weighted by Crippen LogP contribution is 2.41. The molecule has 200 valence electrons. The third-order valence-electron chi connectivity index (χ3n) is 8.17. The number of aromatic nitrogens is 3. The van der Waals surface area contributed by atoms with Gasteiger partial charge in [0.05, 0.1) is 34.8 Å². The second-order valence-electron chi connectivity index (χ2n) is 10.5. The summed E-state index contributed by atoms with van der Waals surface area (Å²) in [5.74, 6) is 0.408. The fourth-order valence-corrected chi connectivity index (χ4v) is 7.18. The van der Waals surface area contributed by atoms with Crippen molar-refractivity contribution >= 4 is 44.1 Å². The topological polar surface area (TPSA) is 110 Å². The Kier molecular flexibility index (Phi) is 5.86. The van der Waals surface area contributed by atoms with Gasteiger partial charge in [0.25, 0.3) is 5.91 Å². The predicted octanol–water partition coefficient (Wildman–Crippen LogP) is 3.01. The lowest BCUT2D eigenvalue weighted by atomic mass is 9.95. The first-order chi connectivity index (χ1) is 18.5. The van der Waals surface area contributed by atoms with E-state index in [2.05, 4.69) is 14.8 Å². The number of anilines is 3. The molecule has 12 heteroatoms. The molecule has 2 aromatic heterocycles. The van der Waals surface area contributed by atoms with E-state index >= 15 is 0 Å². The van der Waals surface area contributed by atoms with Crippen molar-refractivity contribution in [2.45, 2.75) is 43.9 Å². The SMILES string of the molecule is Nc1nc2c(N3Cc4nc(OCC56CCCN5CC(F)C6)nc(N5CCCOCC5)c4C3=O)cccc2s1. The van der Waals surface area contributed by atoms with E-state index in [1.807, 2.05) is 18.2 Å². The van der Waals surface area contributed by atoms with Gasteiger partial charge >= 0.3 is 6.01 Å². The summed E-state index contributed by atoms with van der Waals surface area (Å²) in [5.41, 5.74) is 8.19. The molecule has 3 fully saturated rings. The Bertz CT molecular complexity index is 1390. The van der Waals surface area contributed by atoms with Crippen molar-refractivity contribution in [3.63, 3.8) is 0 Å². The van der Waals surface area contributed by atoms with Gasteiger partial charge in [-0.15, -0.1) is 0 Å². The number of fused-ring (bicyclic) bond motifs is 3. The summed E-state index contributed by atoms with van der Waals surface area (Å²) < 4.78 is 27.1. The quantitative estimate of drug-likeness (QED) is 0.523. The number of hydrogen-bond donors (Lipinski definition) is 1. The van der Waals surface area contributed by atoms with Crippen LogP contribution in [0, 0.1) is 0 Å². The van der Waals surface area contributed by atoms with Gasteiger partial charge in [-0.05, 0) is 37.9 Å². The second kappa shape index (κ2) is 9.28. The van der Waals surface area contributed by atoms with Gasteiger partial charge in [-0.2, -0.15) is 9.97 Å². The van der Waals surface area contributed by atoms with Crippen LogP contribution in [0.25, 0.3) is 10.2 Å². The summed E-state index contributed by atoms with van der Waals surface area (Å²) in [7, 11) is 0. The van der Waals surface area contributed by atoms with Crippen LogP contribution in [0.5, 0.6) is 6.01 Å². The molecule has 2 N–H and O–H groups in total.